The van der Waals surface area contributed by atoms with E-state index in [-0.39, 0.29) is 0 Å². The van der Waals surface area contributed by atoms with Crippen LogP contribution in [0.1, 0.15) is 0 Å². The van der Waals surface area contributed by atoms with Crippen LogP contribution in [-0.2, 0) is 0 Å². The first-order valence-electron chi connectivity index (χ1n) is 17.1. The van der Waals surface area contributed by atoms with Crippen LogP contribution in [0.3, 0.4) is 0 Å². The van der Waals surface area contributed by atoms with Crippen LogP contribution in [0.2, 0.25) is 0 Å². The molecule has 0 radical (unpaired) electrons. The predicted molar refractivity (Wildman–Crippen MR) is 209 cm³/mol. The topological polar surface area (TPSA) is 51.8 Å². The maximum absolute atomic E-state index is 6.68. The summed E-state index contributed by atoms with van der Waals surface area (Å²) < 4.78 is 6.68. The molecule has 0 spiro atoms. The lowest BCUT2D eigenvalue weighted by Gasteiger charge is -2.12. The van der Waals surface area contributed by atoms with Gasteiger partial charge < -0.3 is 4.42 Å². The average molecular weight is 652 g/mol. The minimum absolute atomic E-state index is 0.585. The molecule has 10 rings (SSSR count). The fourth-order valence-electron chi connectivity index (χ4n) is 7.10. The Labute approximate surface area is 294 Å². The molecule has 4 heteroatoms. The van der Waals surface area contributed by atoms with E-state index in [1.54, 1.807) is 0 Å². The van der Waals surface area contributed by atoms with Crippen molar-refractivity contribution < 1.29 is 4.42 Å². The first-order valence-corrected chi connectivity index (χ1v) is 17.1. The van der Waals surface area contributed by atoms with Gasteiger partial charge in [-0.05, 0) is 74.1 Å². The molecule has 0 aliphatic heterocycles. The third-order valence-electron chi connectivity index (χ3n) is 9.68. The number of hydrogen-bond acceptors (Lipinski definition) is 4. The highest BCUT2D eigenvalue weighted by Crippen LogP contribution is 2.41. The summed E-state index contributed by atoms with van der Waals surface area (Å²) in [7, 11) is 0. The van der Waals surface area contributed by atoms with E-state index < -0.39 is 0 Å². The third-order valence-corrected chi connectivity index (χ3v) is 9.68. The van der Waals surface area contributed by atoms with Crippen LogP contribution in [0.15, 0.2) is 180 Å². The van der Waals surface area contributed by atoms with Gasteiger partial charge in [0, 0.05) is 27.5 Å². The number of nitrogens with zero attached hydrogens (tertiary/aromatic N) is 3. The molecule has 0 atom stereocenters. The van der Waals surface area contributed by atoms with Gasteiger partial charge in [-0.3, -0.25) is 0 Å². The number of furan rings is 1. The minimum Gasteiger partial charge on any atom is -0.456 e. The van der Waals surface area contributed by atoms with Crippen LogP contribution in [-0.4, -0.2) is 15.0 Å². The van der Waals surface area contributed by atoms with Gasteiger partial charge in [0.15, 0.2) is 17.5 Å². The zero-order valence-corrected chi connectivity index (χ0v) is 27.5. The van der Waals surface area contributed by atoms with Gasteiger partial charge in [-0.2, -0.15) is 0 Å². The highest BCUT2D eigenvalue weighted by molar-refractivity contribution is 6.16. The minimum atomic E-state index is 0.585. The third kappa shape index (κ3) is 5.22. The molecular formula is C47H29N3O. The van der Waals surface area contributed by atoms with Gasteiger partial charge in [0.05, 0.1) is 0 Å². The lowest BCUT2D eigenvalue weighted by atomic mass is 9.94. The summed E-state index contributed by atoms with van der Waals surface area (Å²) in [6.07, 6.45) is 0. The summed E-state index contributed by atoms with van der Waals surface area (Å²) in [5.74, 6) is 1.82. The smallest absolute Gasteiger partial charge is 0.164 e. The second-order valence-electron chi connectivity index (χ2n) is 12.9. The van der Waals surface area contributed by atoms with Crippen molar-refractivity contribution in [1.82, 2.24) is 15.0 Å². The van der Waals surface area contributed by atoms with Crippen molar-refractivity contribution in [3.8, 4) is 56.4 Å². The van der Waals surface area contributed by atoms with E-state index in [1.807, 2.05) is 36.4 Å². The zero-order chi connectivity index (χ0) is 33.7. The number of benzene rings is 8. The van der Waals surface area contributed by atoms with E-state index in [4.69, 9.17) is 19.4 Å². The lowest BCUT2D eigenvalue weighted by Crippen LogP contribution is -2.00. The fourth-order valence-corrected chi connectivity index (χ4v) is 7.10. The highest BCUT2D eigenvalue weighted by atomic mass is 16.3. The Balaban J connectivity index is 1.21. The zero-order valence-electron chi connectivity index (χ0n) is 27.5. The van der Waals surface area contributed by atoms with Gasteiger partial charge in [-0.25, -0.2) is 15.0 Å². The summed E-state index contributed by atoms with van der Waals surface area (Å²) >= 11 is 0. The van der Waals surface area contributed by atoms with Crippen molar-refractivity contribution in [1.29, 1.82) is 0 Å². The molecule has 0 saturated carbocycles. The van der Waals surface area contributed by atoms with Gasteiger partial charge in [0.2, 0.25) is 0 Å². The fraction of sp³-hybridized carbons (Fsp3) is 0. The van der Waals surface area contributed by atoms with Crippen molar-refractivity contribution in [2.75, 3.05) is 0 Å². The van der Waals surface area contributed by atoms with Crippen molar-refractivity contribution >= 4 is 43.5 Å². The highest BCUT2D eigenvalue weighted by Gasteiger charge is 2.19. The molecule has 0 aliphatic rings. The van der Waals surface area contributed by atoms with Gasteiger partial charge >= 0.3 is 0 Å². The molecule has 0 saturated heterocycles. The average Bonchev–Trinajstić information content (AvgIpc) is 3.57. The van der Waals surface area contributed by atoms with Crippen LogP contribution < -0.4 is 0 Å². The first-order chi connectivity index (χ1) is 25.2. The lowest BCUT2D eigenvalue weighted by molar-refractivity contribution is 0.669. The van der Waals surface area contributed by atoms with Gasteiger partial charge in [0.25, 0.3) is 0 Å². The Morgan fingerprint density at radius 3 is 1.53 bits per heavy atom. The largest absolute Gasteiger partial charge is 0.456 e. The molecule has 0 unspecified atom stereocenters. The van der Waals surface area contributed by atoms with Crippen molar-refractivity contribution in [2.24, 2.45) is 0 Å². The summed E-state index contributed by atoms with van der Waals surface area (Å²) in [5.41, 5.74) is 8.85. The van der Waals surface area contributed by atoms with Gasteiger partial charge in [0.1, 0.15) is 11.2 Å². The van der Waals surface area contributed by atoms with Gasteiger partial charge in [-0.15, -0.1) is 0 Å². The molecule has 0 aliphatic carbocycles. The molecule has 0 amide bonds. The molecule has 51 heavy (non-hydrogen) atoms. The molecule has 8 aromatic carbocycles. The van der Waals surface area contributed by atoms with E-state index in [2.05, 4.69) is 140 Å². The van der Waals surface area contributed by atoms with E-state index in [9.17, 15) is 0 Å². The summed E-state index contributed by atoms with van der Waals surface area (Å²) in [5, 5.41) is 6.77. The Kier molecular flexibility index (Phi) is 6.78. The number of hydrogen-bond donors (Lipinski definition) is 0. The van der Waals surface area contributed by atoms with Crippen LogP contribution in [0.25, 0.3) is 99.9 Å². The Bertz CT molecular complexity index is 2900. The first kappa shape index (κ1) is 29.0. The second-order valence-corrected chi connectivity index (χ2v) is 12.9. The Hall–Kier alpha value is -6.91. The van der Waals surface area contributed by atoms with E-state index in [1.165, 1.54) is 21.9 Å². The number of fused-ring (bicyclic) bond motifs is 5. The maximum atomic E-state index is 6.68. The van der Waals surface area contributed by atoms with Crippen LogP contribution >= 0.6 is 0 Å². The molecule has 2 aromatic heterocycles. The van der Waals surface area contributed by atoms with Crippen LogP contribution in [0.4, 0.5) is 0 Å². The second kappa shape index (κ2) is 11.9. The normalized spacial score (nSPS) is 11.5. The molecule has 2 heterocycles. The van der Waals surface area contributed by atoms with Crippen LogP contribution in [0, 0.1) is 0 Å². The molecular weight excluding hydrogens is 623 g/mol. The SMILES string of the molecule is c1ccc(-c2ccc(-c3cc(-c4nc(-c5ccccc5)nc(-c5ccc6ccccc6c5)n4)cc4oc5cc6ccccc6cc5c34)cc2)cc1. The molecule has 238 valence electrons. The van der Waals surface area contributed by atoms with E-state index >= 15 is 0 Å². The van der Waals surface area contributed by atoms with Crippen molar-refractivity contribution in [2.45, 2.75) is 0 Å². The monoisotopic (exact) mass is 651 g/mol. The number of rotatable bonds is 5. The standard InChI is InChI=1S/C47H29N3O/c1-3-11-30(12-4-1)32-19-22-33(23-20-32)40-27-39(29-43-44(40)41-26-36-17-9-10-18-37(36)28-42(41)51-43)47-49-45(34-14-5-2-6-15-34)48-46(50-47)38-24-21-31-13-7-8-16-35(31)25-38/h1-29H. The molecule has 0 bridgehead atoms. The molecule has 0 fully saturated rings. The Morgan fingerprint density at radius 2 is 0.824 bits per heavy atom. The Morgan fingerprint density at radius 1 is 0.314 bits per heavy atom. The summed E-state index contributed by atoms with van der Waals surface area (Å²) in [6, 6.07) is 61.1. The summed E-state index contributed by atoms with van der Waals surface area (Å²) in [6.45, 7) is 0. The van der Waals surface area contributed by atoms with E-state index in [0.29, 0.717) is 17.5 Å². The van der Waals surface area contributed by atoms with Crippen LogP contribution in [0.5, 0.6) is 0 Å². The van der Waals surface area contributed by atoms with Crippen molar-refractivity contribution in [3.05, 3.63) is 176 Å². The predicted octanol–water partition coefficient (Wildman–Crippen LogP) is 12.4. The molecule has 10 aromatic rings. The quantitative estimate of drug-likeness (QED) is 0.186. The molecule has 0 N–H and O–H groups in total. The molecule has 4 nitrogen and oxygen atoms in total. The van der Waals surface area contributed by atoms with Crippen molar-refractivity contribution in [3.63, 3.8) is 0 Å². The number of aromatic nitrogens is 3. The van der Waals surface area contributed by atoms with Gasteiger partial charge in [-0.1, -0.05) is 146 Å². The van der Waals surface area contributed by atoms with E-state index in [0.717, 1.165) is 60.5 Å². The maximum Gasteiger partial charge on any atom is 0.164 e. The summed E-state index contributed by atoms with van der Waals surface area (Å²) in [4.78, 5) is 15.2.